The minimum atomic E-state index is -1.46. The Morgan fingerprint density at radius 2 is 1.95 bits per heavy atom. The first-order valence-corrected chi connectivity index (χ1v) is 10.6. The summed E-state index contributed by atoms with van der Waals surface area (Å²) in [5.41, 5.74) is 11.8. The quantitative estimate of drug-likeness (QED) is 0.692. The monoisotopic (exact) mass is 290 g/mol. The van der Waals surface area contributed by atoms with Crippen LogP contribution in [-0.2, 0) is 4.43 Å². The van der Waals surface area contributed by atoms with Crippen molar-refractivity contribution in [2.75, 3.05) is 13.2 Å². The molecule has 1 saturated heterocycles. The third-order valence-electron chi connectivity index (χ3n) is 3.86. The number of hydrogen-bond acceptors (Lipinski definition) is 4. The minimum Gasteiger partial charge on any atom is -0.412 e. The molecule has 19 heavy (non-hydrogen) atoms. The highest BCUT2D eigenvalue weighted by atomic mass is 28.4. The first-order chi connectivity index (χ1) is 8.72. The van der Waals surface area contributed by atoms with E-state index in [1.807, 2.05) is 0 Å². The molecular formula is C14H34N2O2Si. The van der Waals surface area contributed by atoms with Gasteiger partial charge in [-0.05, 0) is 59.3 Å². The third-order valence-corrected chi connectivity index (χ3v) is 6.43. The molecular weight excluding hydrogens is 256 g/mol. The summed E-state index contributed by atoms with van der Waals surface area (Å²) in [6.45, 7) is 11.6. The van der Waals surface area contributed by atoms with E-state index in [1.165, 1.54) is 12.5 Å². The van der Waals surface area contributed by atoms with Gasteiger partial charge in [-0.3, -0.25) is 0 Å². The molecule has 0 bridgehead atoms. The maximum atomic E-state index is 7.57. The van der Waals surface area contributed by atoms with Crippen molar-refractivity contribution >= 4 is 8.32 Å². The third kappa shape index (κ3) is 6.36. The van der Waals surface area contributed by atoms with Crippen LogP contribution in [0.15, 0.2) is 0 Å². The van der Waals surface area contributed by atoms with E-state index in [1.54, 1.807) is 6.92 Å². The van der Waals surface area contributed by atoms with Crippen molar-refractivity contribution in [1.29, 1.82) is 0 Å². The molecule has 1 aliphatic rings. The van der Waals surface area contributed by atoms with Gasteiger partial charge in [-0.15, -0.1) is 0 Å². The molecule has 0 aliphatic carbocycles. The summed E-state index contributed by atoms with van der Waals surface area (Å²) < 4.78 is 6.44. The molecule has 1 rings (SSSR count). The van der Waals surface area contributed by atoms with E-state index in [2.05, 4.69) is 26.9 Å². The zero-order chi connectivity index (χ0) is 15.1. The van der Waals surface area contributed by atoms with Gasteiger partial charge in [0.1, 0.15) is 0 Å². The highest BCUT2D eigenvalue weighted by Gasteiger charge is 2.44. The molecule has 4 nitrogen and oxygen atoms in total. The minimum absolute atomic E-state index is 0.0402. The van der Waals surface area contributed by atoms with Crippen LogP contribution in [0.3, 0.4) is 0 Å². The van der Waals surface area contributed by atoms with Crippen LogP contribution in [0.1, 0.15) is 40.0 Å². The van der Waals surface area contributed by atoms with Crippen molar-refractivity contribution < 1.29 is 9.53 Å². The van der Waals surface area contributed by atoms with Gasteiger partial charge in [-0.2, -0.15) is 0 Å². The van der Waals surface area contributed by atoms with Crippen molar-refractivity contribution in [3.05, 3.63) is 0 Å². The molecule has 0 aromatic rings. The summed E-state index contributed by atoms with van der Waals surface area (Å²) >= 11 is 0. The molecule has 0 saturated carbocycles. The topological polar surface area (TPSA) is 81.5 Å². The number of aliphatic hydroxyl groups is 1. The molecule has 0 aromatic heterocycles. The lowest BCUT2D eigenvalue weighted by Gasteiger charge is -2.48. The highest BCUT2D eigenvalue weighted by Crippen LogP contribution is 2.40. The molecule has 0 aromatic carbocycles. The molecule has 3 unspecified atom stereocenters. The normalized spacial score (nSPS) is 29.1. The lowest BCUT2D eigenvalue weighted by Crippen LogP contribution is -2.55. The van der Waals surface area contributed by atoms with Crippen LogP contribution in [0.5, 0.6) is 0 Å². The Bertz CT molecular complexity index is 250. The van der Waals surface area contributed by atoms with Crippen LogP contribution in [0.2, 0.25) is 19.1 Å². The summed E-state index contributed by atoms with van der Waals surface area (Å²) in [5, 5.41) is 7.57. The molecule has 1 aliphatic heterocycles. The standard InChI is InChI=1S/C12H28N2OSi.C2H6O/c1-10(14)11(6-8-13)12(2)7-5-9-16(3,4)15-12;1-2-3/h10-11H,5-9,13-14H2,1-4H3;3H,2H2,1H3. The SMILES string of the molecule is CC(N)C(CCN)C1(C)CCC[Si](C)(C)O1.CCO. The number of hydrogen-bond donors (Lipinski definition) is 3. The van der Waals surface area contributed by atoms with Crippen molar-refractivity contribution in [3.8, 4) is 0 Å². The van der Waals surface area contributed by atoms with Gasteiger partial charge >= 0.3 is 0 Å². The summed E-state index contributed by atoms with van der Waals surface area (Å²) in [6.07, 6.45) is 3.39. The van der Waals surface area contributed by atoms with Crippen LogP contribution in [0, 0.1) is 5.92 Å². The average Bonchev–Trinajstić information content (AvgIpc) is 2.24. The molecule has 0 spiro atoms. The molecule has 5 heteroatoms. The van der Waals surface area contributed by atoms with Gasteiger partial charge < -0.3 is 21.0 Å². The fraction of sp³-hybridized carbons (Fsp3) is 1.00. The van der Waals surface area contributed by atoms with Gasteiger partial charge in [0.25, 0.3) is 0 Å². The first kappa shape index (κ1) is 19.1. The van der Waals surface area contributed by atoms with Crippen molar-refractivity contribution in [2.45, 2.75) is 70.8 Å². The molecule has 3 atom stereocenters. The van der Waals surface area contributed by atoms with E-state index in [4.69, 9.17) is 21.0 Å². The van der Waals surface area contributed by atoms with Gasteiger partial charge in [-0.1, -0.05) is 6.42 Å². The lowest BCUT2D eigenvalue weighted by atomic mass is 9.79. The predicted molar refractivity (Wildman–Crippen MR) is 84.6 cm³/mol. The van der Waals surface area contributed by atoms with E-state index in [0.29, 0.717) is 12.5 Å². The largest absolute Gasteiger partial charge is 0.412 e. The Hall–Kier alpha value is 0.0569. The van der Waals surface area contributed by atoms with Crippen LogP contribution in [0.25, 0.3) is 0 Å². The Kier molecular flexibility index (Phi) is 8.39. The maximum absolute atomic E-state index is 7.57. The first-order valence-electron chi connectivity index (χ1n) is 7.49. The Labute approximate surface area is 120 Å². The van der Waals surface area contributed by atoms with Crippen molar-refractivity contribution in [2.24, 2.45) is 17.4 Å². The van der Waals surface area contributed by atoms with Crippen LogP contribution < -0.4 is 11.5 Å². The highest BCUT2D eigenvalue weighted by molar-refractivity contribution is 6.71. The van der Waals surface area contributed by atoms with Gasteiger partial charge in [-0.25, -0.2) is 0 Å². The summed E-state index contributed by atoms with van der Waals surface area (Å²) in [5.74, 6) is 0.393. The van der Waals surface area contributed by atoms with E-state index in [0.717, 1.165) is 12.8 Å². The van der Waals surface area contributed by atoms with Crippen molar-refractivity contribution in [1.82, 2.24) is 0 Å². The Morgan fingerprint density at radius 1 is 1.42 bits per heavy atom. The molecule has 1 fully saturated rings. The zero-order valence-electron chi connectivity index (χ0n) is 13.4. The molecule has 0 amide bonds. The molecule has 116 valence electrons. The molecule has 5 N–H and O–H groups in total. The summed E-state index contributed by atoms with van der Waals surface area (Å²) in [4.78, 5) is 0. The average molecular weight is 291 g/mol. The smallest absolute Gasteiger partial charge is 0.187 e. The Balaban J connectivity index is 0.000000982. The van der Waals surface area contributed by atoms with Crippen LogP contribution in [0.4, 0.5) is 0 Å². The van der Waals surface area contributed by atoms with Gasteiger partial charge in [0, 0.05) is 18.6 Å². The summed E-state index contributed by atoms with van der Waals surface area (Å²) in [7, 11) is -1.46. The fourth-order valence-electron chi connectivity index (χ4n) is 3.16. The van der Waals surface area contributed by atoms with E-state index in [9.17, 15) is 0 Å². The number of nitrogens with two attached hydrogens (primary N) is 2. The molecule has 1 heterocycles. The fourth-order valence-corrected chi connectivity index (χ4v) is 5.81. The van der Waals surface area contributed by atoms with Crippen LogP contribution in [-0.4, -0.2) is 38.2 Å². The van der Waals surface area contributed by atoms with Crippen LogP contribution >= 0.6 is 0 Å². The maximum Gasteiger partial charge on any atom is 0.187 e. The van der Waals surface area contributed by atoms with E-state index < -0.39 is 8.32 Å². The number of rotatable bonds is 4. The predicted octanol–water partition coefficient (Wildman–Crippen LogP) is 2.07. The zero-order valence-corrected chi connectivity index (χ0v) is 14.4. The van der Waals surface area contributed by atoms with Gasteiger partial charge in [0.2, 0.25) is 0 Å². The molecule has 0 radical (unpaired) electrons. The van der Waals surface area contributed by atoms with Crippen molar-refractivity contribution in [3.63, 3.8) is 0 Å². The second-order valence-corrected chi connectivity index (χ2v) is 10.6. The second kappa shape index (κ2) is 8.37. The van der Waals surface area contributed by atoms with Gasteiger partial charge in [0.05, 0.1) is 5.60 Å². The second-order valence-electron chi connectivity index (χ2n) is 6.39. The summed E-state index contributed by atoms with van der Waals surface area (Å²) in [6, 6.07) is 1.44. The number of aliphatic hydroxyl groups excluding tert-OH is 1. The Morgan fingerprint density at radius 3 is 2.32 bits per heavy atom. The van der Waals surface area contributed by atoms with E-state index in [-0.39, 0.29) is 18.2 Å². The van der Waals surface area contributed by atoms with Gasteiger partial charge in [0.15, 0.2) is 8.32 Å². The lowest BCUT2D eigenvalue weighted by molar-refractivity contribution is -0.0154. The van der Waals surface area contributed by atoms with E-state index >= 15 is 0 Å².